The third-order valence-electron chi connectivity index (χ3n) is 4.09. The number of nitriles is 1. The van der Waals surface area contributed by atoms with Crippen LogP contribution in [0.3, 0.4) is 0 Å². The fourth-order valence-corrected chi connectivity index (χ4v) is 2.58. The number of anilines is 1. The highest BCUT2D eigenvalue weighted by Crippen LogP contribution is 2.29. The second-order valence-corrected chi connectivity index (χ2v) is 6.13. The highest BCUT2D eigenvalue weighted by atomic mass is 16.6. The average Bonchev–Trinajstić information content (AvgIpc) is 3.16. The second kappa shape index (κ2) is 8.10. The summed E-state index contributed by atoms with van der Waals surface area (Å²) in [5, 5.41) is 32.2. The molecule has 0 aliphatic carbocycles. The molecule has 0 fully saturated rings. The number of aromatic hydroxyl groups is 1. The molecule has 3 rings (SSSR count). The molecule has 0 aliphatic rings. The van der Waals surface area contributed by atoms with Gasteiger partial charge in [-0.05, 0) is 43.3 Å². The second-order valence-electron chi connectivity index (χ2n) is 6.13. The number of furan rings is 1. The molecule has 8 heteroatoms. The van der Waals surface area contributed by atoms with Crippen LogP contribution in [0.2, 0.25) is 0 Å². The molecule has 29 heavy (non-hydrogen) atoms. The quantitative estimate of drug-likeness (QED) is 0.218. The van der Waals surface area contributed by atoms with Gasteiger partial charge in [0.2, 0.25) is 0 Å². The van der Waals surface area contributed by atoms with Gasteiger partial charge >= 0.3 is 0 Å². The summed E-state index contributed by atoms with van der Waals surface area (Å²) in [4.78, 5) is 22.9. The third kappa shape index (κ3) is 4.48. The summed E-state index contributed by atoms with van der Waals surface area (Å²) in [6.07, 6.45) is 1.28. The fourth-order valence-electron chi connectivity index (χ4n) is 2.58. The molecule has 8 nitrogen and oxygen atoms in total. The Morgan fingerprint density at radius 2 is 1.93 bits per heavy atom. The average molecular weight is 389 g/mol. The van der Waals surface area contributed by atoms with E-state index in [9.17, 15) is 25.3 Å². The standard InChI is InChI=1S/C21H15N3O5/c1-13-2-3-14(11-19(13)24(27)28)20-9-8-18(29-20)10-15(12-22)21(26)23-16-4-6-17(25)7-5-16/h2-11,25H,1H3,(H,23,26)/b15-10-. The van der Waals surface area contributed by atoms with E-state index >= 15 is 0 Å². The Hall–Kier alpha value is -4.38. The number of nitro benzene ring substituents is 1. The van der Waals surface area contributed by atoms with Gasteiger partial charge in [0.15, 0.2) is 0 Å². The summed E-state index contributed by atoms with van der Waals surface area (Å²) in [7, 11) is 0. The van der Waals surface area contributed by atoms with Crippen molar-refractivity contribution in [2.75, 3.05) is 5.32 Å². The van der Waals surface area contributed by atoms with Crippen LogP contribution in [0.1, 0.15) is 11.3 Å². The molecular formula is C21H15N3O5. The highest BCUT2D eigenvalue weighted by Gasteiger charge is 2.15. The molecule has 144 valence electrons. The van der Waals surface area contributed by atoms with Gasteiger partial charge in [0.05, 0.1) is 4.92 Å². The summed E-state index contributed by atoms with van der Waals surface area (Å²) < 4.78 is 5.63. The van der Waals surface area contributed by atoms with Gasteiger partial charge < -0.3 is 14.8 Å². The Morgan fingerprint density at radius 3 is 2.59 bits per heavy atom. The molecular weight excluding hydrogens is 374 g/mol. The van der Waals surface area contributed by atoms with E-state index in [2.05, 4.69) is 5.32 Å². The van der Waals surface area contributed by atoms with Crippen molar-refractivity contribution in [1.29, 1.82) is 5.26 Å². The normalized spacial score (nSPS) is 11.0. The lowest BCUT2D eigenvalue weighted by Crippen LogP contribution is -2.13. The van der Waals surface area contributed by atoms with Crippen molar-refractivity contribution in [3.05, 3.63) is 81.6 Å². The van der Waals surface area contributed by atoms with Gasteiger partial charge in [0.1, 0.15) is 28.9 Å². The Labute approximate surface area is 165 Å². The van der Waals surface area contributed by atoms with E-state index in [4.69, 9.17) is 4.42 Å². The van der Waals surface area contributed by atoms with Crippen molar-refractivity contribution in [1.82, 2.24) is 0 Å². The minimum atomic E-state index is -0.637. The number of aryl methyl sites for hydroxylation is 1. The van der Waals surface area contributed by atoms with Crippen molar-refractivity contribution >= 4 is 23.4 Å². The molecule has 1 heterocycles. The molecule has 0 saturated carbocycles. The first-order valence-electron chi connectivity index (χ1n) is 8.45. The number of nitrogens with one attached hydrogen (secondary N) is 1. The predicted molar refractivity (Wildman–Crippen MR) is 106 cm³/mol. The van der Waals surface area contributed by atoms with Gasteiger partial charge in [-0.15, -0.1) is 0 Å². The molecule has 0 bridgehead atoms. The molecule has 3 aromatic rings. The van der Waals surface area contributed by atoms with Crippen molar-refractivity contribution in [3.8, 4) is 23.1 Å². The van der Waals surface area contributed by atoms with E-state index in [0.717, 1.165) is 0 Å². The number of amides is 1. The fraction of sp³-hybridized carbons (Fsp3) is 0.0476. The third-order valence-corrected chi connectivity index (χ3v) is 4.09. The van der Waals surface area contributed by atoms with Crippen LogP contribution in [0, 0.1) is 28.4 Å². The number of hydrogen-bond acceptors (Lipinski definition) is 6. The summed E-state index contributed by atoms with van der Waals surface area (Å²) >= 11 is 0. The minimum Gasteiger partial charge on any atom is -0.508 e. The van der Waals surface area contributed by atoms with Crippen LogP contribution >= 0.6 is 0 Å². The first kappa shape index (κ1) is 19.4. The summed E-state index contributed by atoms with van der Waals surface area (Å²) in [5.41, 5.74) is 1.24. The van der Waals surface area contributed by atoms with Crippen LogP contribution in [0.5, 0.6) is 5.75 Å². The van der Waals surface area contributed by atoms with E-state index in [0.29, 0.717) is 22.6 Å². The van der Waals surface area contributed by atoms with E-state index < -0.39 is 10.8 Å². The predicted octanol–water partition coefficient (Wildman–Crippen LogP) is 4.41. The molecule has 0 atom stereocenters. The Bertz CT molecular complexity index is 1150. The van der Waals surface area contributed by atoms with Gasteiger partial charge in [0.25, 0.3) is 11.6 Å². The maximum absolute atomic E-state index is 12.3. The maximum atomic E-state index is 12.3. The van der Waals surface area contributed by atoms with E-state index in [1.807, 2.05) is 6.07 Å². The lowest BCUT2D eigenvalue weighted by molar-refractivity contribution is -0.385. The molecule has 0 unspecified atom stereocenters. The van der Waals surface area contributed by atoms with Crippen molar-refractivity contribution in [2.45, 2.75) is 6.92 Å². The molecule has 0 saturated heterocycles. The van der Waals surface area contributed by atoms with Crippen LogP contribution < -0.4 is 5.32 Å². The maximum Gasteiger partial charge on any atom is 0.273 e. The van der Waals surface area contributed by atoms with Gasteiger partial charge in [-0.3, -0.25) is 14.9 Å². The van der Waals surface area contributed by atoms with E-state index in [-0.39, 0.29) is 22.8 Å². The lowest BCUT2D eigenvalue weighted by atomic mass is 10.1. The number of phenolic OH excluding ortho intramolecular Hbond substituents is 1. The van der Waals surface area contributed by atoms with Crippen LogP contribution in [0.4, 0.5) is 11.4 Å². The Balaban J connectivity index is 1.83. The zero-order valence-electron chi connectivity index (χ0n) is 15.2. The van der Waals surface area contributed by atoms with Crippen LogP contribution in [-0.2, 0) is 4.79 Å². The Morgan fingerprint density at radius 1 is 1.21 bits per heavy atom. The van der Waals surface area contributed by atoms with Crippen molar-refractivity contribution in [3.63, 3.8) is 0 Å². The molecule has 0 radical (unpaired) electrons. The monoisotopic (exact) mass is 389 g/mol. The SMILES string of the molecule is Cc1ccc(-c2ccc(/C=C(/C#N)C(=O)Nc3ccc(O)cc3)o2)cc1[N+](=O)[O-]. The number of carbonyl (C=O) groups is 1. The van der Waals surface area contributed by atoms with Gasteiger partial charge in [-0.1, -0.05) is 12.1 Å². The topological polar surface area (TPSA) is 129 Å². The van der Waals surface area contributed by atoms with Crippen molar-refractivity contribution in [2.24, 2.45) is 0 Å². The van der Waals surface area contributed by atoms with E-state index in [1.165, 1.54) is 36.4 Å². The Kier molecular flexibility index (Phi) is 5.42. The number of rotatable bonds is 5. The number of hydrogen-bond donors (Lipinski definition) is 2. The first-order valence-corrected chi connectivity index (χ1v) is 8.45. The number of benzene rings is 2. The zero-order valence-corrected chi connectivity index (χ0v) is 15.2. The van der Waals surface area contributed by atoms with Gasteiger partial charge in [-0.25, -0.2) is 0 Å². The smallest absolute Gasteiger partial charge is 0.273 e. The largest absolute Gasteiger partial charge is 0.508 e. The number of carbonyl (C=O) groups excluding carboxylic acids is 1. The van der Waals surface area contributed by atoms with Gasteiger partial charge in [-0.2, -0.15) is 5.26 Å². The minimum absolute atomic E-state index is 0.0259. The van der Waals surface area contributed by atoms with E-state index in [1.54, 1.807) is 31.2 Å². The zero-order chi connectivity index (χ0) is 21.0. The molecule has 2 N–H and O–H groups in total. The molecule has 0 aliphatic heterocycles. The van der Waals surface area contributed by atoms with Crippen LogP contribution in [-0.4, -0.2) is 15.9 Å². The summed E-state index contributed by atoms with van der Waals surface area (Å²) in [6, 6.07) is 15.5. The van der Waals surface area contributed by atoms with Crippen LogP contribution in [0.15, 0.2) is 64.6 Å². The first-order chi connectivity index (χ1) is 13.9. The highest BCUT2D eigenvalue weighted by molar-refractivity contribution is 6.09. The van der Waals surface area contributed by atoms with Crippen LogP contribution in [0.25, 0.3) is 17.4 Å². The summed E-state index contributed by atoms with van der Waals surface area (Å²) in [5.74, 6) is 0.0387. The number of nitro groups is 1. The number of nitrogens with zero attached hydrogens (tertiary/aromatic N) is 2. The lowest BCUT2D eigenvalue weighted by Gasteiger charge is -2.04. The van der Waals surface area contributed by atoms with Crippen molar-refractivity contribution < 1.29 is 19.2 Å². The number of phenols is 1. The molecule has 2 aromatic carbocycles. The summed E-state index contributed by atoms with van der Waals surface area (Å²) in [6.45, 7) is 1.64. The molecule has 0 spiro atoms. The molecule has 1 amide bonds. The molecule has 1 aromatic heterocycles. The van der Waals surface area contributed by atoms with Gasteiger partial charge in [0, 0.05) is 29.0 Å².